The Morgan fingerprint density at radius 2 is 1.00 bits per heavy atom. The van der Waals surface area contributed by atoms with E-state index in [0.29, 0.717) is 0 Å². The Kier molecular flexibility index (Phi) is 98.3. The summed E-state index contributed by atoms with van der Waals surface area (Å²) in [5, 5.41) is 0. The van der Waals surface area contributed by atoms with Crippen LogP contribution in [0.5, 0.6) is 0 Å². The molecule has 0 aromatic carbocycles. The van der Waals surface area contributed by atoms with Crippen molar-refractivity contribution in [3.8, 4) is 0 Å². The quantitative estimate of drug-likeness (QED) is 0.397. The Morgan fingerprint density at radius 3 is 1.00 bits per heavy atom. The number of rotatable bonds is 0. The molecule has 0 aromatic rings. The molecule has 0 nitrogen and oxygen atoms in total. The third kappa shape index (κ3) is 9.28. The van der Waals surface area contributed by atoms with Crippen molar-refractivity contribution in [2.45, 2.75) is 0 Å². The van der Waals surface area contributed by atoms with Crippen molar-refractivity contribution < 1.29 is 38.2 Å². The molecule has 18 valence electrons. The van der Waals surface area contributed by atoms with Crippen LogP contribution in [0.3, 0.4) is 0 Å². The van der Waals surface area contributed by atoms with Crippen LogP contribution in [0.15, 0.2) is 0 Å². The van der Waals surface area contributed by atoms with Crippen molar-refractivity contribution in [3.63, 3.8) is 0 Å². The van der Waals surface area contributed by atoms with E-state index < -0.39 is 0 Å². The fourth-order valence-electron chi connectivity index (χ4n) is 0. The van der Waals surface area contributed by atoms with Crippen molar-refractivity contribution in [1.29, 1.82) is 0 Å². The molecular formula is H2KNaNiTi. The molecule has 0 bridgehead atoms. The SMILES string of the molecule is [KH].[NaH].[Ni].[Ti]. The summed E-state index contributed by atoms with van der Waals surface area (Å²) in [4.78, 5) is 0. The fraction of sp³-hybridized carbons (Fsp3) is 0. The summed E-state index contributed by atoms with van der Waals surface area (Å²) in [6.07, 6.45) is 0. The van der Waals surface area contributed by atoms with E-state index in [2.05, 4.69) is 0 Å². The maximum absolute atomic E-state index is 0. The van der Waals surface area contributed by atoms with E-state index >= 15 is 0 Å². The van der Waals surface area contributed by atoms with Gasteiger partial charge in [0.25, 0.3) is 0 Å². The first-order chi connectivity index (χ1) is 0. The van der Waals surface area contributed by atoms with Crippen LogP contribution in [0.2, 0.25) is 0 Å². The largest absolute Gasteiger partial charge is 0 e. The Balaban J connectivity index is 0. The molecule has 0 N–H and O–H groups in total. The Labute approximate surface area is 116 Å². The maximum atomic E-state index is 0. The summed E-state index contributed by atoms with van der Waals surface area (Å²) in [6, 6.07) is 0. The van der Waals surface area contributed by atoms with Gasteiger partial charge < -0.3 is 0 Å². The average molecular weight is 171 g/mol. The zero-order valence-corrected chi connectivity index (χ0v) is 3.37. The van der Waals surface area contributed by atoms with E-state index in [-0.39, 0.29) is 119 Å². The van der Waals surface area contributed by atoms with Gasteiger partial charge in [0.1, 0.15) is 0 Å². The van der Waals surface area contributed by atoms with E-state index in [9.17, 15) is 0 Å². The average Bonchev–Trinajstić information content (AvgIpc) is 0. The van der Waals surface area contributed by atoms with Crippen LogP contribution in [-0.4, -0.2) is 80.9 Å². The molecule has 0 saturated carbocycles. The molecule has 0 saturated heterocycles. The summed E-state index contributed by atoms with van der Waals surface area (Å²) in [7, 11) is 0. The molecule has 0 aliphatic carbocycles. The fourth-order valence-corrected chi connectivity index (χ4v) is 0. The van der Waals surface area contributed by atoms with Gasteiger partial charge in [0.15, 0.2) is 0 Å². The van der Waals surface area contributed by atoms with E-state index in [1.54, 1.807) is 0 Å². The second kappa shape index (κ2) is 15.8. The first kappa shape index (κ1) is 24.9. The van der Waals surface area contributed by atoms with E-state index in [4.69, 9.17) is 0 Å². The van der Waals surface area contributed by atoms with E-state index in [1.165, 1.54) is 0 Å². The molecular weight excluding hydrogens is 169 g/mol. The minimum atomic E-state index is 0. The van der Waals surface area contributed by atoms with Crippen LogP contribution in [0.1, 0.15) is 0 Å². The van der Waals surface area contributed by atoms with Gasteiger partial charge in [-0.25, -0.2) is 0 Å². The molecule has 0 rings (SSSR count). The molecule has 0 amide bonds. The molecule has 0 spiro atoms. The van der Waals surface area contributed by atoms with Crippen molar-refractivity contribution in [3.05, 3.63) is 0 Å². The third-order valence-corrected chi connectivity index (χ3v) is 0. The van der Waals surface area contributed by atoms with Gasteiger partial charge in [0, 0.05) is 38.2 Å². The standard InChI is InChI=1S/K.Na.Ni.Ti.2H. The van der Waals surface area contributed by atoms with Gasteiger partial charge in [0.05, 0.1) is 0 Å². The summed E-state index contributed by atoms with van der Waals surface area (Å²) >= 11 is 0. The monoisotopic (exact) mass is 170 g/mol. The van der Waals surface area contributed by atoms with Crippen LogP contribution in [0, 0.1) is 0 Å². The Hall–Kier alpha value is 3.84. The van der Waals surface area contributed by atoms with Crippen LogP contribution >= 0.6 is 0 Å². The molecule has 0 aromatic heterocycles. The number of hydrogen-bond donors (Lipinski definition) is 0. The summed E-state index contributed by atoms with van der Waals surface area (Å²) in [5.41, 5.74) is 0. The topological polar surface area (TPSA) is 0 Å². The molecule has 0 radical (unpaired) electrons. The summed E-state index contributed by atoms with van der Waals surface area (Å²) in [5.74, 6) is 0. The van der Waals surface area contributed by atoms with Crippen molar-refractivity contribution in [1.82, 2.24) is 0 Å². The van der Waals surface area contributed by atoms with Crippen molar-refractivity contribution in [2.75, 3.05) is 0 Å². The molecule has 0 aliphatic rings. The van der Waals surface area contributed by atoms with Crippen LogP contribution in [0.4, 0.5) is 0 Å². The molecule has 0 heterocycles. The smallest absolute Gasteiger partial charge is 0 e. The van der Waals surface area contributed by atoms with Gasteiger partial charge >= 0.3 is 80.9 Å². The predicted molar refractivity (Wildman–Crippen MR) is 14.3 cm³/mol. The predicted octanol–water partition coefficient (Wildman–Crippen LogP) is -1.30. The molecule has 4 heavy (non-hydrogen) atoms. The van der Waals surface area contributed by atoms with Crippen molar-refractivity contribution >= 4 is 80.9 Å². The van der Waals surface area contributed by atoms with Gasteiger partial charge in [-0.15, -0.1) is 0 Å². The first-order valence-corrected chi connectivity index (χ1v) is 0. The van der Waals surface area contributed by atoms with Crippen LogP contribution < -0.4 is 0 Å². The Bertz CT molecular complexity index is 8.00. The second-order valence-corrected chi connectivity index (χ2v) is 0. The maximum Gasteiger partial charge on any atom is 0 e. The Morgan fingerprint density at radius 1 is 1.00 bits per heavy atom. The zero-order valence-electron chi connectivity index (χ0n) is 0.816. The number of hydrogen-bond acceptors (Lipinski definition) is 0. The molecule has 0 fully saturated rings. The van der Waals surface area contributed by atoms with Crippen LogP contribution in [0.25, 0.3) is 0 Å². The van der Waals surface area contributed by atoms with Gasteiger partial charge in [-0.2, -0.15) is 0 Å². The normalized spacial score (nSPS) is 0. The molecule has 0 unspecified atom stereocenters. The summed E-state index contributed by atoms with van der Waals surface area (Å²) in [6.45, 7) is 0. The molecule has 0 aliphatic heterocycles. The van der Waals surface area contributed by atoms with Gasteiger partial charge in [0.2, 0.25) is 0 Å². The van der Waals surface area contributed by atoms with E-state index in [1.807, 2.05) is 0 Å². The van der Waals surface area contributed by atoms with Crippen LogP contribution in [-0.2, 0) is 38.2 Å². The minimum Gasteiger partial charge on any atom is 0 e. The zero-order chi connectivity index (χ0) is 0. The first-order valence-electron chi connectivity index (χ1n) is 0. The van der Waals surface area contributed by atoms with Gasteiger partial charge in [-0.05, 0) is 0 Å². The second-order valence-electron chi connectivity index (χ2n) is 0. The van der Waals surface area contributed by atoms with Gasteiger partial charge in [-0.1, -0.05) is 0 Å². The minimum absolute atomic E-state index is 0. The van der Waals surface area contributed by atoms with Gasteiger partial charge in [-0.3, -0.25) is 0 Å². The molecule has 4 heteroatoms. The molecule has 0 atom stereocenters. The summed E-state index contributed by atoms with van der Waals surface area (Å²) < 4.78 is 0. The third-order valence-electron chi connectivity index (χ3n) is 0. The van der Waals surface area contributed by atoms with Crippen molar-refractivity contribution in [2.24, 2.45) is 0 Å². The van der Waals surface area contributed by atoms with E-state index in [0.717, 1.165) is 0 Å².